The van der Waals surface area contributed by atoms with Crippen molar-refractivity contribution in [3.63, 3.8) is 0 Å². The summed E-state index contributed by atoms with van der Waals surface area (Å²) in [5.74, 6) is -0.388. The van der Waals surface area contributed by atoms with E-state index in [4.69, 9.17) is 4.74 Å². The standard InChI is InChI=1S/C17H14N2O4/c1-2-23-17(20)16-10-13-9-12(5-8-15(13)18-16)11-3-6-14(7-4-11)19(21)22/h3-10,18H,2H2,1H3. The maximum Gasteiger partial charge on any atom is 0.354 e. The lowest BCUT2D eigenvalue weighted by Gasteiger charge is -2.01. The topological polar surface area (TPSA) is 85.2 Å². The van der Waals surface area contributed by atoms with E-state index in [0.29, 0.717) is 12.3 Å². The number of carbonyl (C=O) groups excluding carboxylic acids is 1. The van der Waals surface area contributed by atoms with E-state index in [9.17, 15) is 14.9 Å². The molecule has 0 aliphatic carbocycles. The lowest BCUT2D eigenvalue weighted by atomic mass is 10.0. The molecule has 1 N–H and O–H groups in total. The molecule has 23 heavy (non-hydrogen) atoms. The van der Waals surface area contributed by atoms with Crippen molar-refractivity contribution < 1.29 is 14.5 Å². The zero-order valence-corrected chi connectivity index (χ0v) is 12.4. The fraction of sp³-hybridized carbons (Fsp3) is 0.118. The molecular formula is C17H14N2O4. The van der Waals surface area contributed by atoms with Gasteiger partial charge in [0.05, 0.1) is 11.5 Å². The summed E-state index contributed by atoms with van der Waals surface area (Å²) in [6.45, 7) is 2.08. The van der Waals surface area contributed by atoms with Gasteiger partial charge in [0.1, 0.15) is 5.69 Å². The fourth-order valence-electron chi connectivity index (χ4n) is 2.41. The van der Waals surface area contributed by atoms with Crippen LogP contribution < -0.4 is 0 Å². The van der Waals surface area contributed by atoms with E-state index in [-0.39, 0.29) is 11.7 Å². The monoisotopic (exact) mass is 310 g/mol. The number of nitrogens with one attached hydrogen (secondary N) is 1. The van der Waals surface area contributed by atoms with E-state index in [1.165, 1.54) is 12.1 Å². The second-order valence-corrected chi connectivity index (χ2v) is 5.01. The molecular weight excluding hydrogens is 296 g/mol. The van der Waals surface area contributed by atoms with Gasteiger partial charge in [-0.3, -0.25) is 10.1 Å². The van der Waals surface area contributed by atoms with E-state index >= 15 is 0 Å². The normalized spacial score (nSPS) is 10.7. The number of benzene rings is 2. The Hall–Kier alpha value is -3.15. The van der Waals surface area contributed by atoms with Gasteiger partial charge >= 0.3 is 5.97 Å². The zero-order valence-electron chi connectivity index (χ0n) is 12.4. The Morgan fingerprint density at radius 3 is 2.48 bits per heavy atom. The van der Waals surface area contributed by atoms with Crippen molar-refractivity contribution in [2.24, 2.45) is 0 Å². The number of hydrogen-bond donors (Lipinski definition) is 1. The van der Waals surface area contributed by atoms with Gasteiger partial charge in [0.2, 0.25) is 0 Å². The molecule has 0 bridgehead atoms. The molecule has 1 heterocycles. The van der Waals surface area contributed by atoms with Crippen molar-refractivity contribution in [1.29, 1.82) is 0 Å². The van der Waals surface area contributed by atoms with E-state index in [1.54, 1.807) is 25.1 Å². The summed E-state index contributed by atoms with van der Waals surface area (Å²) in [5, 5.41) is 11.6. The minimum atomic E-state index is -0.426. The molecule has 0 aliphatic heterocycles. The molecule has 6 heteroatoms. The molecule has 1 aromatic heterocycles. The van der Waals surface area contributed by atoms with Crippen LogP contribution in [-0.2, 0) is 4.74 Å². The Bertz CT molecular complexity index is 881. The first kappa shape index (κ1) is 14.8. The molecule has 0 saturated carbocycles. The van der Waals surface area contributed by atoms with Gasteiger partial charge in [-0.2, -0.15) is 0 Å². The number of rotatable bonds is 4. The summed E-state index contributed by atoms with van der Waals surface area (Å²) in [4.78, 5) is 25.0. The number of aromatic nitrogens is 1. The van der Waals surface area contributed by atoms with Crippen LogP contribution in [0.4, 0.5) is 5.69 Å². The Balaban J connectivity index is 1.96. The number of non-ortho nitro benzene ring substituents is 1. The van der Waals surface area contributed by atoms with Crippen LogP contribution >= 0.6 is 0 Å². The van der Waals surface area contributed by atoms with Gasteiger partial charge in [-0.25, -0.2) is 4.79 Å². The molecule has 0 aliphatic rings. The minimum absolute atomic E-state index is 0.0565. The molecule has 6 nitrogen and oxygen atoms in total. The van der Waals surface area contributed by atoms with Gasteiger partial charge in [0.25, 0.3) is 5.69 Å². The van der Waals surface area contributed by atoms with Crippen molar-refractivity contribution >= 4 is 22.6 Å². The van der Waals surface area contributed by atoms with Crippen LogP contribution in [0, 0.1) is 10.1 Å². The molecule has 3 rings (SSSR count). The molecule has 116 valence electrons. The Labute approximate surface area is 131 Å². The number of aromatic amines is 1. The van der Waals surface area contributed by atoms with Crippen molar-refractivity contribution in [3.05, 3.63) is 64.3 Å². The number of fused-ring (bicyclic) bond motifs is 1. The average molecular weight is 310 g/mol. The van der Waals surface area contributed by atoms with Gasteiger partial charge in [0.15, 0.2) is 0 Å². The zero-order chi connectivity index (χ0) is 16.4. The molecule has 0 saturated heterocycles. The lowest BCUT2D eigenvalue weighted by Crippen LogP contribution is -2.04. The van der Waals surface area contributed by atoms with Crippen LogP contribution in [0.3, 0.4) is 0 Å². The van der Waals surface area contributed by atoms with Crippen molar-refractivity contribution in [1.82, 2.24) is 4.98 Å². The number of carbonyl (C=O) groups is 1. The van der Waals surface area contributed by atoms with E-state index < -0.39 is 4.92 Å². The van der Waals surface area contributed by atoms with Crippen molar-refractivity contribution in [2.75, 3.05) is 6.61 Å². The molecule has 0 fully saturated rings. The molecule has 0 spiro atoms. The number of hydrogen-bond acceptors (Lipinski definition) is 4. The van der Waals surface area contributed by atoms with Crippen molar-refractivity contribution in [3.8, 4) is 11.1 Å². The third-order valence-electron chi connectivity index (χ3n) is 3.53. The van der Waals surface area contributed by atoms with Crippen LogP contribution in [-0.4, -0.2) is 22.5 Å². The Kier molecular flexibility index (Phi) is 3.80. The summed E-state index contributed by atoms with van der Waals surface area (Å²) < 4.78 is 4.97. The number of nitro benzene ring substituents is 1. The third kappa shape index (κ3) is 2.91. The van der Waals surface area contributed by atoms with Gasteiger partial charge in [-0.15, -0.1) is 0 Å². The maximum absolute atomic E-state index is 11.8. The summed E-state index contributed by atoms with van der Waals surface area (Å²) in [6, 6.07) is 13.8. The molecule has 0 amide bonds. The van der Waals surface area contributed by atoms with Crippen LogP contribution in [0.25, 0.3) is 22.0 Å². The average Bonchev–Trinajstić information content (AvgIpc) is 2.98. The molecule has 0 unspecified atom stereocenters. The Morgan fingerprint density at radius 2 is 1.83 bits per heavy atom. The van der Waals surface area contributed by atoms with Gasteiger partial charge < -0.3 is 9.72 Å². The second-order valence-electron chi connectivity index (χ2n) is 5.01. The summed E-state index contributed by atoms with van der Waals surface area (Å²) in [6.07, 6.45) is 0. The summed E-state index contributed by atoms with van der Waals surface area (Å²) in [7, 11) is 0. The molecule has 3 aromatic rings. The molecule has 0 radical (unpaired) electrons. The first-order chi connectivity index (χ1) is 11.1. The third-order valence-corrected chi connectivity index (χ3v) is 3.53. The highest BCUT2D eigenvalue weighted by molar-refractivity contribution is 5.96. The number of H-pyrrole nitrogens is 1. The smallest absolute Gasteiger partial charge is 0.354 e. The highest BCUT2D eigenvalue weighted by Gasteiger charge is 2.11. The number of nitrogens with zero attached hydrogens (tertiary/aromatic N) is 1. The first-order valence-electron chi connectivity index (χ1n) is 7.13. The summed E-state index contributed by atoms with van der Waals surface area (Å²) in [5.41, 5.74) is 3.08. The highest BCUT2D eigenvalue weighted by Crippen LogP contribution is 2.26. The van der Waals surface area contributed by atoms with Gasteiger partial charge in [-0.05, 0) is 48.4 Å². The van der Waals surface area contributed by atoms with Crippen LogP contribution in [0.15, 0.2) is 48.5 Å². The number of esters is 1. The first-order valence-corrected chi connectivity index (χ1v) is 7.13. The number of ether oxygens (including phenoxy) is 1. The molecule has 0 atom stereocenters. The van der Waals surface area contributed by atoms with E-state index in [0.717, 1.165) is 22.0 Å². The van der Waals surface area contributed by atoms with Crippen LogP contribution in [0.2, 0.25) is 0 Å². The van der Waals surface area contributed by atoms with Crippen molar-refractivity contribution in [2.45, 2.75) is 6.92 Å². The quantitative estimate of drug-likeness (QED) is 0.449. The second kappa shape index (κ2) is 5.92. The largest absolute Gasteiger partial charge is 0.461 e. The predicted molar refractivity (Wildman–Crippen MR) is 86.3 cm³/mol. The fourth-order valence-corrected chi connectivity index (χ4v) is 2.41. The molecule has 2 aromatic carbocycles. The van der Waals surface area contributed by atoms with Gasteiger partial charge in [0, 0.05) is 23.0 Å². The SMILES string of the molecule is CCOC(=O)c1cc2cc(-c3ccc([N+](=O)[O-])cc3)ccc2[nH]1. The Morgan fingerprint density at radius 1 is 1.13 bits per heavy atom. The predicted octanol–water partition coefficient (Wildman–Crippen LogP) is 3.92. The van der Waals surface area contributed by atoms with E-state index in [1.807, 2.05) is 18.2 Å². The van der Waals surface area contributed by atoms with Crippen LogP contribution in [0.5, 0.6) is 0 Å². The minimum Gasteiger partial charge on any atom is -0.461 e. The number of nitro groups is 1. The maximum atomic E-state index is 11.8. The van der Waals surface area contributed by atoms with Crippen LogP contribution in [0.1, 0.15) is 17.4 Å². The lowest BCUT2D eigenvalue weighted by molar-refractivity contribution is -0.384. The highest BCUT2D eigenvalue weighted by atomic mass is 16.6. The van der Waals surface area contributed by atoms with Gasteiger partial charge in [-0.1, -0.05) is 6.07 Å². The van der Waals surface area contributed by atoms with E-state index in [2.05, 4.69) is 4.98 Å². The summed E-state index contributed by atoms with van der Waals surface area (Å²) >= 11 is 0.